The SMILES string of the molecule is O=C(CCn1c(=O)c2ccccc2n(Cc2ccc(Cl)cc2)c1=O)NCCSCc1ccccc1. The summed E-state index contributed by atoms with van der Waals surface area (Å²) in [6.45, 7) is 0.845. The van der Waals surface area contributed by atoms with Crippen LogP contribution in [0.4, 0.5) is 0 Å². The summed E-state index contributed by atoms with van der Waals surface area (Å²) >= 11 is 7.73. The molecule has 1 N–H and O–H groups in total. The van der Waals surface area contributed by atoms with Crippen LogP contribution in [0.3, 0.4) is 0 Å². The second-order valence-corrected chi connectivity index (χ2v) is 9.65. The average molecular weight is 508 g/mol. The van der Waals surface area contributed by atoms with E-state index in [9.17, 15) is 14.4 Å². The van der Waals surface area contributed by atoms with Gasteiger partial charge in [0.05, 0.1) is 17.4 Å². The van der Waals surface area contributed by atoms with Gasteiger partial charge in [-0.2, -0.15) is 11.8 Å². The van der Waals surface area contributed by atoms with Crippen molar-refractivity contribution in [3.63, 3.8) is 0 Å². The molecule has 0 saturated heterocycles. The fourth-order valence-corrected chi connectivity index (χ4v) is 4.77. The molecule has 1 amide bonds. The minimum Gasteiger partial charge on any atom is -0.355 e. The van der Waals surface area contributed by atoms with E-state index in [-0.39, 0.29) is 24.4 Å². The Kier molecular flexibility index (Phi) is 8.45. The second kappa shape index (κ2) is 11.9. The van der Waals surface area contributed by atoms with Crippen LogP contribution in [-0.4, -0.2) is 27.3 Å². The summed E-state index contributed by atoms with van der Waals surface area (Å²) in [5, 5.41) is 3.93. The van der Waals surface area contributed by atoms with Crippen LogP contribution in [0.15, 0.2) is 88.5 Å². The van der Waals surface area contributed by atoms with Gasteiger partial charge in [-0.05, 0) is 35.4 Å². The smallest absolute Gasteiger partial charge is 0.331 e. The zero-order chi connectivity index (χ0) is 24.6. The molecule has 0 aliphatic rings. The number of fused-ring (bicyclic) bond motifs is 1. The first-order chi connectivity index (χ1) is 17.0. The number of carbonyl (C=O) groups is 1. The van der Waals surface area contributed by atoms with Gasteiger partial charge in [0.1, 0.15) is 0 Å². The van der Waals surface area contributed by atoms with E-state index in [0.717, 1.165) is 21.6 Å². The lowest BCUT2D eigenvalue weighted by atomic mass is 10.2. The Morgan fingerprint density at radius 2 is 1.57 bits per heavy atom. The molecule has 4 rings (SSSR count). The summed E-state index contributed by atoms with van der Waals surface area (Å²) in [6.07, 6.45) is 0.0534. The Balaban J connectivity index is 1.42. The molecule has 4 aromatic rings. The molecule has 0 saturated carbocycles. The number of para-hydroxylation sites is 1. The van der Waals surface area contributed by atoms with E-state index < -0.39 is 5.69 Å². The van der Waals surface area contributed by atoms with Gasteiger partial charge in [-0.15, -0.1) is 0 Å². The molecule has 0 aliphatic carbocycles. The molecule has 1 heterocycles. The topological polar surface area (TPSA) is 73.1 Å². The summed E-state index contributed by atoms with van der Waals surface area (Å²) in [7, 11) is 0. The fraction of sp³-hybridized carbons (Fsp3) is 0.222. The Morgan fingerprint density at radius 1 is 0.857 bits per heavy atom. The number of nitrogens with zero attached hydrogens (tertiary/aromatic N) is 2. The highest BCUT2D eigenvalue weighted by molar-refractivity contribution is 7.98. The average Bonchev–Trinajstić information content (AvgIpc) is 2.88. The number of hydrogen-bond acceptors (Lipinski definition) is 4. The van der Waals surface area contributed by atoms with Crippen molar-refractivity contribution in [2.45, 2.75) is 25.3 Å². The molecule has 0 bridgehead atoms. The zero-order valence-corrected chi connectivity index (χ0v) is 20.7. The summed E-state index contributed by atoms with van der Waals surface area (Å²) in [5.74, 6) is 1.48. The Labute approximate surface area is 212 Å². The van der Waals surface area contributed by atoms with Crippen molar-refractivity contribution in [3.05, 3.63) is 116 Å². The van der Waals surface area contributed by atoms with Gasteiger partial charge >= 0.3 is 5.69 Å². The number of halogens is 1. The number of aromatic nitrogens is 2. The predicted molar refractivity (Wildman–Crippen MR) is 143 cm³/mol. The third-order valence-corrected chi connectivity index (χ3v) is 6.91. The van der Waals surface area contributed by atoms with Crippen LogP contribution < -0.4 is 16.6 Å². The molecule has 35 heavy (non-hydrogen) atoms. The maximum atomic E-state index is 13.3. The summed E-state index contributed by atoms with van der Waals surface area (Å²) in [6, 6.07) is 24.4. The van der Waals surface area contributed by atoms with Gasteiger partial charge in [-0.25, -0.2) is 4.79 Å². The molecule has 0 spiro atoms. The predicted octanol–water partition coefficient (Wildman–Crippen LogP) is 4.30. The van der Waals surface area contributed by atoms with Crippen molar-refractivity contribution >= 4 is 40.2 Å². The van der Waals surface area contributed by atoms with Crippen LogP contribution in [0.2, 0.25) is 5.02 Å². The molecule has 6 nitrogen and oxygen atoms in total. The van der Waals surface area contributed by atoms with Gasteiger partial charge in [-0.1, -0.05) is 66.2 Å². The molecular weight excluding hydrogens is 482 g/mol. The first-order valence-corrected chi connectivity index (χ1v) is 12.9. The molecule has 0 atom stereocenters. The number of carbonyl (C=O) groups excluding carboxylic acids is 1. The van der Waals surface area contributed by atoms with Gasteiger partial charge in [-0.3, -0.25) is 18.7 Å². The summed E-state index contributed by atoms with van der Waals surface area (Å²) in [5.41, 5.74) is 1.87. The van der Waals surface area contributed by atoms with E-state index in [1.165, 1.54) is 5.56 Å². The lowest BCUT2D eigenvalue weighted by Gasteiger charge is -2.14. The van der Waals surface area contributed by atoms with Crippen molar-refractivity contribution in [2.75, 3.05) is 12.3 Å². The lowest BCUT2D eigenvalue weighted by Crippen LogP contribution is -2.41. The normalized spacial score (nSPS) is 11.0. The van der Waals surface area contributed by atoms with Gasteiger partial charge in [0, 0.05) is 36.0 Å². The van der Waals surface area contributed by atoms with Crippen LogP contribution in [0, 0.1) is 0 Å². The van der Waals surface area contributed by atoms with Crippen molar-refractivity contribution in [1.82, 2.24) is 14.5 Å². The molecule has 0 aliphatic heterocycles. The number of benzene rings is 3. The van der Waals surface area contributed by atoms with E-state index in [4.69, 9.17) is 11.6 Å². The van der Waals surface area contributed by atoms with Crippen LogP contribution in [-0.2, 0) is 23.6 Å². The van der Waals surface area contributed by atoms with Gasteiger partial charge in [0.25, 0.3) is 5.56 Å². The van der Waals surface area contributed by atoms with Crippen molar-refractivity contribution in [1.29, 1.82) is 0 Å². The Hall–Kier alpha value is -3.29. The molecule has 0 fully saturated rings. The van der Waals surface area contributed by atoms with Crippen LogP contribution >= 0.6 is 23.4 Å². The standard InChI is InChI=1S/C27H26ClN3O3S/c28-22-12-10-20(11-13-22)18-31-24-9-5-4-8-23(24)26(33)30(27(31)34)16-14-25(32)29-15-17-35-19-21-6-2-1-3-7-21/h1-13H,14-19H2,(H,29,32). The van der Waals surface area contributed by atoms with Crippen LogP contribution in [0.25, 0.3) is 10.9 Å². The van der Waals surface area contributed by atoms with Gasteiger partial charge < -0.3 is 5.32 Å². The monoisotopic (exact) mass is 507 g/mol. The highest BCUT2D eigenvalue weighted by atomic mass is 35.5. The third kappa shape index (κ3) is 6.44. The van der Waals surface area contributed by atoms with Gasteiger partial charge in [0.15, 0.2) is 0 Å². The molecule has 180 valence electrons. The first kappa shape index (κ1) is 24.8. The number of amides is 1. The number of hydrogen-bond donors (Lipinski definition) is 1. The van der Waals surface area contributed by atoms with E-state index in [0.29, 0.717) is 29.0 Å². The molecule has 8 heteroatoms. The Bertz CT molecular complexity index is 1420. The summed E-state index contributed by atoms with van der Waals surface area (Å²) < 4.78 is 2.72. The minimum atomic E-state index is -0.435. The molecule has 0 unspecified atom stereocenters. The number of nitrogens with one attached hydrogen (secondary N) is 1. The van der Waals surface area contributed by atoms with Gasteiger partial charge in [0.2, 0.25) is 5.91 Å². The maximum Gasteiger partial charge on any atom is 0.331 e. The number of rotatable bonds is 10. The molecule has 3 aromatic carbocycles. The summed E-state index contributed by atoms with van der Waals surface area (Å²) in [4.78, 5) is 38.7. The van der Waals surface area contributed by atoms with Crippen molar-refractivity contribution in [2.24, 2.45) is 0 Å². The first-order valence-electron chi connectivity index (χ1n) is 11.4. The third-order valence-electron chi connectivity index (χ3n) is 5.63. The van der Waals surface area contributed by atoms with Crippen LogP contribution in [0.1, 0.15) is 17.5 Å². The van der Waals surface area contributed by atoms with E-state index in [1.54, 1.807) is 52.7 Å². The zero-order valence-electron chi connectivity index (χ0n) is 19.2. The lowest BCUT2D eigenvalue weighted by molar-refractivity contribution is -0.121. The van der Waals surface area contributed by atoms with Crippen LogP contribution in [0.5, 0.6) is 0 Å². The van der Waals surface area contributed by atoms with E-state index >= 15 is 0 Å². The minimum absolute atomic E-state index is 0.0200. The maximum absolute atomic E-state index is 13.3. The highest BCUT2D eigenvalue weighted by Crippen LogP contribution is 2.14. The van der Waals surface area contributed by atoms with Crippen molar-refractivity contribution in [3.8, 4) is 0 Å². The highest BCUT2D eigenvalue weighted by Gasteiger charge is 2.14. The fourth-order valence-electron chi connectivity index (χ4n) is 3.82. The number of thioether (sulfide) groups is 1. The van der Waals surface area contributed by atoms with E-state index in [1.807, 2.05) is 30.3 Å². The van der Waals surface area contributed by atoms with E-state index in [2.05, 4.69) is 17.4 Å². The van der Waals surface area contributed by atoms with Crippen molar-refractivity contribution < 1.29 is 4.79 Å². The largest absolute Gasteiger partial charge is 0.355 e. The molecular formula is C27H26ClN3O3S. The molecule has 0 radical (unpaired) electrons. The molecule has 1 aromatic heterocycles. The quantitative estimate of drug-likeness (QED) is 0.325. The second-order valence-electron chi connectivity index (χ2n) is 8.11. The Morgan fingerprint density at radius 3 is 2.34 bits per heavy atom.